The molecule has 1 aliphatic carbocycles. The normalized spacial score (nSPS) is 14.9. The maximum absolute atomic E-state index is 3.22. The first-order valence-corrected chi connectivity index (χ1v) is 3.81. The lowest BCUT2D eigenvalue weighted by Crippen LogP contribution is -1.74. The van der Waals surface area contributed by atoms with Gasteiger partial charge in [0.25, 0.3) is 0 Å². The van der Waals surface area contributed by atoms with Crippen LogP contribution in [0.2, 0.25) is 0 Å². The Morgan fingerprint density at radius 1 is 1.33 bits per heavy atom. The lowest BCUT2D eigenvalue weighted by atomic mass is 10.1. The number of allylic oxidation sites excluding steroid dienone is 1. The highest BCUT2D eigenvalue weighted by Crippen LogP contribution is 2.24. The molecular weight excluding hydrogens is 108 g/mol. The maximum Gasteiger partial charge on any atom is 0.00491 e. The summed E-state index contributed by atoms with van der Waals surface area (Å²) < 4.78 is 0. The van der Waals surface area contributed by atoms with Gasteiger partial charge < -0.3 is 0 Å². The summed E-state index contributed by atoms with van der Waals surface area (Å²) in [5.74, 6) is 0. The molecule has 0 nitrogen and oxygen atoms in total. The van der Waals surface area contributed by atoms with Crippen molar-refractivity contribution < 1.29 is 0 Å². The fourth-order valence-corrected chi connectivity index (χ4v) is 0.997. The van der Waals surface area contributed by atoms with Crippen LogP contribution in [0.25, 0.3) is 0 Å². The molecule has 0 N–H and O–H groups in total. The van der Waals surface area contributed by atoms with Crippen LogP contribution in [0.4, 0.5) is 0 Å². The molecular formula is C9H14. The van der Waals surface area contributed by atoms with Crippen LogP contribution in [-0.4, -0.2) is 0 Å². The molecule has 0 spiro atoms. The standard InChI is InChI=1S/C9H14/c1-3-4-5-6-9-7-8(9)2/h3-6H2,1-2H3. The predicted octanol–water partition coefficient (Wildman–Crippen LogP) is 3.05. The average Bonchev–Trinajstić information content (AvgIpc) is 2.48. The van der Waals surface area contributed by atoms with Crippen molar-refractivity contribution in [1.82, 2.24) is 0 Å². The van der Waals surface area contributed by atoms with E-state index in [9.17, 15) is 0 Å². The van der Waals surface area contributed by atoms with Crippen molar-refractivity contribution in [2.24, 2.45) is 0 Å². The number of hydrogen-bond donors (Lipinski definition) is 0. The van der Waals surface area contributed by atoms with Gasteiger partial charge >= 0.3 is 0 Å². The summed E-state index contributed by atoms with van der Waals surface area (Å²) in [5.41, 5.74) is 6.12. The summed E-state index contributed by atoms with van der Waals surface area (Å²) in [6.07, 6.45) is 5.33. The first-order valence-electron chi connectivity index (χ1n) is 3.81. The molecule has 50 valence electrons. The smallest absolute Gasteiger partial charge is 0.00491 e. The van der Waals surface area contributed by atoms with E-state index in [1.165, 1.54) is 36.8 Å². The molecule has 0 saturated heterocycles. The second-order valence-corrected chi connectivity index (χ2v) is 2.69. The molecule has 0 heteroatoms. The van der Waals surface area contributed by atoms with Crippen LogP contribution in [0.3, 0.4) is 0 Å². The third-order valence-electron chi connectivity index (χ3n) is 1.76. The van der Waals surface area contributed by atoms with Crippen molar-refractivity contribution >= 4 is 0 Å². The third-order valence-corrected chi connectivity index (χ3v) is 1.76. The number of rotatable bonds is 4. The summed E-state index contributed by atoms with van der Waals surface area (Å²) in [5, 5.41) is 0. The Bertz CT molecular complexity index is 157. The molecule has 0 radical (unpaired) electrons. The monoisotopic (exact) mass is 122 g/mol. The van der Waals surface area contributed by atoms with Gasteiger partial charge in [-0.2, -0.15) is 0 Å². The van der Waals surface area contributed by atoms with Gasteiger partial charge in [0, 0.05) is 11.1 Å². The van der Waals surface area contributed by atoms with Gasteiger partial charge in [0.05, 0.1) is 0 Å². The SMILES string of the molecule is CCCCCC1=C=C1C. The minimum absolute atomic E-state index is 1.28. The number of hydrogen-bond acceptors (Lipinski definition) is 0. The highest BCUT2D eigenvalue weighted by Gasteiger charge is 2.07. The Morgan fingerprint density at radius 3 is 2.44 bits per heavy atom. The molecule has 0 amide bonds. The molecule has 0 saturated carbocycles. The zero-order chi connectivity index (χ0) is 6.69. The Kier molecular flexibility index (Phi) is 2.13. The minimum Gasteiger partial charge on any atom is -0.112 e. The van der Waals surface area contributed by atoms with Gasteiger partial charge in [-0.25, -0.2) is 0 Å². The quantitative estimate of drug-likeness (QED) is 0.397. The van der Waals surface area contributed by atoms with Crippen molar-refractivity contribution in [3.8, 4) is 0 Å². The average molecular weight is 122 g/mol. The minimum atomic E-state index is 1.28. The van der Waals surface area contributed by atoms with Crippen LogP contribution in [0, 0.1) is 0 Å². The summed E-state index contributed by atoms with van der Waals surface area (Å²) >= 11 is 0. The van der Waals surface area contributed by atoms with Gasteiger partial charge in [0.1, 0.15) is 0 Å². The van der Waals surface area contributed by atoms with E-state index in [0.29, 0.717) is 0 Å². The lowest BCUT2D eigenvalue weighted by Gasteiger charge is -1.91. The van der Waals surface area contributed by atoms with E-state index in [4.69, 9.17) is 0 Å². The molecule has 0 unspecified atom stereocenters. The summed E-state index contributed by atoms with van der Waals surface area (Å²) in [7, 11) is 0. The van der Waals surface area contributed by atoms with E-state index < -0.39 is 0 Å². The molecule has 0 aromatic rings. The lowest BCUT2D eigenvalue weighted by molar-refractivity contribution is 0.722. The molecule has 0 bridgehead atoms. The zero-order valence-corrected chi connectivity index (χ0v) is 6.33. The molecule has 0 aromatic carbocycles. The van der Waals surface area contributed by atoms with Gasteiger partial charge in [0.15, 0.2) is 0 Å². The van der Waals surface area contributed by atoms with E-state index in [-0.39, 0.29) is 0 Å². The first-order chi connectivity index (χ1) is 4.34. The summed E-state index contributed by atoms with van der Waals surface area (Å²) in [4.78, 5) is 0. The fraction of sp³-hybridized carbons (Fsp3) is 0.667. The Morgan fingerprint density at radius 2 is 2.00 bits per heavy atom. The predicted molar refractivity (Wildman–Crippen MR) is 40.4 cm³/mol. The van der Waals surface area contributed by atoms with Gasteiger partial charge in [-0.15, -0.1) is 5.73 Å². The fourth-order valence-electron chi connectivity index (χ4n) is 0.997. The van der Waals surface area contributed by atoms with Crippen LogP contribution in [0.5, 0.6) is 0 Å². The second-order valence-electron chi connectivity index (χ2n) is 2.69. The van der Waals surface area contributed by atoms with Crippen molar-refractivity contribution in [2.45, 2.75) is 39.5 Å². The summed E-state index contributed by atoms with van der Waals surface area (Å²) in [6.45, 7) is 4.38. The van der Waals surface area contributed by atoms with Crippen LogP contribution in [-0.2, 0) is 0 Å². The molecule has 1 aliphatic rings. The van der Waals surface area contributed by atoms with Crippen LogP contribution >= 0.6 is 0 Å². The van der Waals surface area contributed by atoms with E-state index in [2.05, 4.69) is 19.6 Å². The van der Waals surface area contributed by atoms with Crippen molar-refractivity contribution in [1.29, 1.82) is 0 Å². The molecule has 1 rings (SSSR count). The topological polar surface area (TPSA) is 0 Å². The van der Waals surface area contributed by atoms with E-state index in [1.807, 2.05) is 0 Å². The van der Waals surface area contributed by atoms with Crippen molar-refractivity contribution in [3.63, 3.8) is 0 Å². The van der Waals surface area contributed by atoms with E-state index in [0.717, 1.165) is 0 Å². The van der Waals surface area contributed by atoms with Crippen LogP contribution in [0.1, 0.15) is 39.5 Å². The van der Waals surface area contributed by atoms with E-state index >= 15 is 0 Å². The second kappa shape index (κ2) is 2.89. The molecule has 0 heterocycles. The molecule has 0 aliphatic heterocycles. The Hall–Kier alpha value is -0.480. The highest BCUT2D eigenvalue weighted by atomic mass is 14.1. The molecule has 9 heavy (non-hydrogen) atoms. The zero-order valence-electron chi connectivity index (χ0n) is 6.33. The van der Waals surface area contributed by atoms with Crippen molar-refractivity contribution in [2.75, 3.05) is 0 Å². The summed E-state index contributed by atoms with van der Waals surface area (Å²) in [6, 6.07) is 0. The highest BCUT2D eigenvalue weighted by molar-refractivity contribution is 5.41. The van der Waals surface area contributed by atoms with Gasteiger partial charge in [0.2, 0.25) is 0 Å². The van der Waals surface area contributed by atoms with Gasteiger partial charge in [-0.1, -0.05) is 19.8 Å². The molecule has 0 fully saturated rings. The van der Waals surface area contributed by atoms with Crippen LogP contribution in [0.15, 0.2) is 16.9 Å². The Balaban J connectivity index is 1.91. The van der Waals surface area contributed by atoms with Gasteiger partial charge in [-0.05, 0) is 19.8 Å². The first kappa shape index (κ1) is 6.64. The largest absolute Gasteiger partial charge is 0.112 e. The van der Waals surface area contributed by atoms with E-state index in [1.54, 1.807) is 0 Å². The Labute approximate surface area is 57.3 Å². The molecule has 0 aromatic heterocycles. The van der Waals surface area contributed by atoms with Gasteiger partial charge in [-0.3, -0.25) is 0 Å². The maximum atomic E-state index is 3.22. The van der Waals surface area contributed by atoms with Crippen molar-refractivity contribution in [3.05, 3.63) is 16.9 Å². The number of unbranched alkanes of at least 4 members (excludes halogenated alkanes) is 2. The van der Waals surface area contributed by atoms with Crippen LogP contribution < -0.4 is 0 Å². The molecule has 0 atom stereocenters. The third kappa shape index (κ3) is 2.07.